The van der Waals surface area contributed by atoms with Gasteiger partial charge >= 0.3 is 6.09 Å². The van der Waals surface area contributed by atoms with Crippen LogP contribution in [0.2, 0.25) is 0 Å². The van der Waals surface area contributed by atoms with Crippen LogP contribution in [0.15, 0.2) is 12.5 Å². The van der Waals surface area contributed by atoms with Gasteiger partial charge in [0.25, 0.3) is 0 Å². The topological polar surface area (TPSA) is 93.2 Å². The minimum Gasteiger partial charge on any atom is -0.444 e. The van der Waals surface area contributed by atoms with E-state index in [0.29, 0.717) is 36.7 Å². The molecule has 118 valence electrons. The maximum absolute atomic E-state index is 12.2. The highest BCUT2D eigenvalue weighted by Crippen LogP contribution is 2.23. The average Bonchev–Trinajstić information content (AvgIpc) is 2.89. The maximum Gasteiger partial charge on any atom is 0.410 e. The van der Waals surface area contributed by atoms with Gasteiger partial charge < -0.3 is 19.4 Å². The second kappa shape index (κ2) is 5.53. The highest BCUT2D eigenvalue weighted by molar-refractivity contribution is 5.69. The van der Waals surface area contributed by atoms with Crippen LogP contribution in [0.1, 0.15) is 32.7 Å². The Morgan fingerprint density at radius 1 is 1.50 bits per heavy atom. The lowest BCUT2D eigenvalue weighted by Gasteiger charge is -2.33. The second-order valence-electron chi connectivity index (χ2n) is 6.16. The Balaban J connectivity index is 1.74. The third-order valence-electron chi connectivity index (χ3n) is 3.20. The van der Waals surface area contributed by atoms with Crippen LogP contribution in [-0.2, 0) is 9.47 Å². The zero-order valence-corrected chi connectivity index (χ0v) is 12.9. The Labute approximate surface area is 127 Å². The van der Waals surface area contributed by atoms with Crippen LogP contribution in [0.5, 0.6) is 0 Å². The van der Waals surface area contributed by atoms with E-state index in [1.54, 1.807) is 11.1 Å². The summed E-state index contributed by atoms with van der Waals surface area (Å²) in [5, 5.41) is 0. The molecule has 8 heteroatoms. The highest BCUT2D eigenvalue weighted by Gasteiger charge is 2.30. The number of fused-ring (bicyclic) bond motifs is 1. The van der Waals surface area contributed by atoms with Crippen molar-refractivity contribution in [2.45, 2.75) is 32.5 Å². The van der Waals surface area contributed by atoms with Gasteiger partial charge in [0.05, 0.1) is 19.3 Å². The van der Waals surface area contributed by atoms with Gasteiger partial charge in [0.1, 0.15) is 29.4 Å². The second-order valence-corrected chi connectivity index (χ2v) is 6.16. The summed E-state index contributed by atoms with van der Waals surface area (Å²) in [6, 6.07) is 0. The largest absolute Gasteiger partial charge is 0.444 e. The number of amides is 1. The maximum atomic E-state index is 12.2. The van der Waals surface area contributed by atoms with E-state index in [1.807, 2.05) is 20.8 Å². The summed E-state index contributed by atoms with van der Waals surface area (Å²) >= 11 is 0. The number of hydrogen-bond donors (Lipinski definition) is 1. The van der Waals surface area contributed by atoms with E-state index in [2.05, 4.69) is 19.9 Å². The number of imidazole rings is 1. The first-order chi connectivity index (χ1) is 10.4. The molecule has 2 aromatic rings. The molecule has 0 aliphatic carbocycles. The van der Waals surface area contributed by atoms with Gasteiger partial charge in [-0.2, -0.15) is 0 Å². The number of ether oxygens (including phenoxy) is 2. The van der Waals surface area contributed by atoms with E-state index in [9.17, 15) is 4.79 Å². The van der Waals surface area contributed by atoms with Crippen molar-refractivity contribution < 1.29 is 14.3 Å². The molecule has 0 saturated carbocycles. The first-order valence-corrected chi connectivity index (χ1v) is 7.17. The van der Waals surface area contributed by atoms with Crippen molar-refractivity contribution >= 4 is 17.3 Å². The fraction of sp³-hybridized carbons (Fsp3) is 0.571. The Hall–Kier alpha value is -2.22. The zero-order chi connectivity index (χ0) is 15.7. The fourth-order valence-electron chi connectivity index (χ4n) is 2.24. The summed E-state index contributed by atoms with van der Waals surface area (Å²) in [6.45, 7) is 6.88. The SMILES string of the molecule is CC(C)(C)OC(=O)N1CCO[C@H](c2nc3cncnc3[nH]2)C1. The van der Waals surface area contributed by atoms with E-state index in [4.69, 9.17) is 9.47 Å². The summed E-state index contributed by atoms with van der Waals surface area (Å²) in [6.07, 6.45) is 2.43. The standard InChI is InChI=1S/C14H19N5O3/c1-14(2,3)22-13(20)19-4-5-21-10(7-19)12-17-9-6-15-8-16-11(9)18-12/h6,8,10H,4-5,7H2,1-3H3,(H,15,16,17,18)/t10-/m0/s1. The molecule has 0 unspecified atom stereocenters. The number of hydrogen-bond acceptors (Lipinski definition) is 6. The van der Waals surface area contributed by atoms with Crippen LogP contribution in [0.3, 0.4) is 0 Å². The molecular formula is C14H19N5O3. The molecule has 0 spiro atoms. The quantitative estimate of drug-likeness (QED) is 0.861. The molecule has 3 rings (SSSR count). The minimum atomic E-state index is -0.514. The first-order valence-electron chi connectivity index (χ1n) is 7.17. The Morgan fingerprint density at radius 3 is 3.05 bits per heavy atom. The van der Waals surface area contributed by atoms with E-state index >= 15 is 0 Å². The summed E-state index contributed by atoms with van der Waals surface area (Å²) in [5.74, 6) is 0.642. The van der Waals surface area contributed by atoms with Crippen molar-refractivity contribution in [2.75, 3.05) is 19.7 Å². The third kappa shape index (κ3) is 3.16. The van der Waals surface area contributed by atoms with Gasteiger partial charge in [-0.15, -0.1) is 0 Å². The van der Waals surface area contributed by atoms with Gasteiger partial charge in [-0.05, 0) is 20.8 Å². The van der Waals surface area contributed by atoms with Crippen molar-refractivity contribution in [2.24, 2.45) is 0 Å². The highest BCUT2D eigenvalue weighted by atomic mass is 16.6. The van der Waals surface area contributed by atoms with Gasteiger partial charge in [-0.25, -0.2) is 19.7 Å². The van der Waals surface area contributed by atoms with E-state index < -0.39 is 5.60 Å². The number of carbonyl (C=O) groups excluding carboxylic acids is 1. The molecule has 0 radical (unpaired) electrons. The van der Waals surface area contributed by atoms with Crippen LogP contribution in [-0.4, -0.2) is 56.2 Å². The number of nitrogens with one attached hydrogen (secondary N) is 1. The predicted octanol–water partition coefficient (Wildman–Crippen LogP) is 1.66. The van der Waals surface area contributed by atoms with Crippen LogP contribution in [0, 0.1) is 0 Å². The van der Waals surface area contributed by atoms with Crippen LogP contribution in [0.25, 0.3) is 11.2 Å². The van der Waals surface area contributed by atoms with E-state index in [0.717, 1.165) is 0 Å². The molecular weight excluding hydrogens is 286 g/mol. The lowest BCUT2D eigenvalue weighted by molar-refractivity contribution is -0.0459. The van der Waals surface area contributed by atoms with Crippen LogP contribution < -0.4 is 0 Å². The summed E-state index contributed by atoms with van der Waals surface area (Å²) in [7, 11) is 0. The van der Waals surface area contributed by atoms with Crippen molar-refractivity contribution in [3.8, 4) is 0 Å². The number of rotatable bonds is 1. The number of H-pyrrole nitrogens is 1. The molecule has 1 aliphatic rings. The monoisotopic (exact) mass is 305 g/mol. The smallest absolute Gasteiger partial charge is 0.410 e. The molecule has 1 aliphatic heterocycles. The molecule has 1 fully saturated rings. The van der Waals surface area contributed by atoms with Crippen LogP contribution >= 0.6 is 0 Å². The molecule has 1 saturated heterocycles. The third-order valence-corrected chi connectivity index (χ3v) is 3.20. The summed E-state index contributed by atoms with van der Waals surface area (Å²) in [4.78, 5) is 29.4. The van der Waals surface area contributed by atoms with Crippen molar-refractivity contribution in [1.82, 2.24) is 24.8 Å². The summed E-state index contributed by atoms with van der Waals surface area (Å²) < 4.78 is 11.1. The fourth-order valence-corrected chi connectivity index (χ4v) is 2.24. The molecule has 22 heavy (non-hydrogen) atoms. The number of morpholine rings is 1. The Bertz CT molecular complexity index is 645. The van der Waals surface area contributed by atoms with Gasteiger partial charge in [0.15, 0.2) is 5.65 Å². The minimum absolute atomic E-state index is 0.324. The molecule has 2 aromatic heterocycles. The normalized spacial score (nSPS) is 19.4. The van der Waals surface area contributed by atoms with Gasteiger partial charge in [0.2, 0.25) is 0 Å². The molecule has 1 atom stereocenters. The van der Waals surface area contributed by atoms with Gasteiger partial charge in [-0.1, -0.05) is 0 Å². The molecule has 8 nitrogen and oxygen atoms in total. The Morgan fingerprint density at radius 2 is 2.32 bits per heavy atom. The van der Waals surface area contributed by atoms with Crippen LogP contribution in [0.4, 0.5) is 4.79 Å². The molecule has 1 N–H and O–H groups in total. The number of nitrogens with zero attached hydrogens (tertiary/aromatic N) is 4. The Kier molecular flexibility index (Phi) is 3.69. The van der Waals surface area contributed by atoms with Gasteiger partial charge in [0, 0.05) is 6.54 Å². The number of carbonyl (C=O) groups is 1. The average molecular weight is 305 g/mol. The first kappa shape index (κ1) is 14.7. The molecule has 1 amide bonds. The molecule has 3 heterocycles. The number of aromatic nitrogens is 4. The predicted molar refractivity (Wildman–Crippen MR) is 78.2 cm³/mol. The lowest BCUT2D eigenvalue weighted by Crippen LogP contribution is -2.44. The zero-order valence-electron chi connectivity index (χ0n) is 12.9. The molecule has 0 bridgehead atoms. The van der Waals surface area contributed by atoms with Crippen molar-refractivity contribution in [1.29, 1.82) is 0 Å². The molecule has 0 aromatic carbocycles. The van der Waals surface area contributed by atoms with E-state index in [-0.39, 0.29) is 12.2 Å². The van der Waals surface area contributed by atoms with E-state index in [1.165, 1.54) is 6.33 Å². The van der Waals surface area contributed by atoms with Gasteiger partial charge in [-0.3, -0.25) is 0 Å². The number of aromatic amines is 1. The van der Waals surface area contributed by atoms with Crippen molar-refractivity contribution in [3.05, 3.63) is 18.3 Å². The van der Waals surface area contributed by atoms with Crippen molar-refractivity contribution in [3.63, 3.8) is 0 Å². The summed E-state index contributed by atoms with van der Waals surface area (Å²) in [5.41, 5.74) is 0.818. The lowest BCUT2D eigenvalue weighted by atomic mass is 10.2.